The molecule has 1 aromatic heterocycles. The summed E-state index contributed by atoms with van der Waals surface area (Å²) in [6.45, 7) is 0. The Balaban J connectivity index is 2.54. The highest BCUT2D eigenvalue weighted by Crippen LogP contribution is 2.28. The molecule has 1 heterocycles. The van der Waals surface area contributed by atoms with E-state index in [4.69, 9.17) is 0 Å². The van der Waals surface area contributed by atoms with Crippen molar-refractivity contribution in [1.29, 1.82) is 0 Å². The molecule has 0 amide bonds. The summed E-state index contributed by atoms with van der Waals surface area (Å²) in [6.07, 6.45) is 0. The second kappa shape index (κ2) is 3.46. The Morgan fingerprint density at radius 3 is 2.79 bits per heavy atom. The van der Waals surface area contributed by atoms with Gasteiger partial charge in [-0.2, -0.15) is 0 Å². The van der Waals surface area contributed by atoms with Gasteiger partial charge >= 0.3 is 0 Å². The van der Waals surface area contributed by atoms with Crippen LogP contribution in [-0.2, 0) is 0 Å². The molecular weight excluding hydrogens is 194 g/mol. The maximum atomic E-state index is 4.42. The minimum Gasteiger partial charge on any atom is -0.378 e. The Labute approximate surface area is 87.4 Å². The second-order valence-electron chi connectivity index (χ2n) is 3.32. The van der Waals surface area contributed by atoms with E-state index in [0.717, 1.165) is 10.6 Å². The largest absolute Gasteiger partial charge is 0.378 e. The van der Waals surface area contributed by atoms with Crippen molar-refractivity contribution in [1.82, 2.24) is 4.98 Å². The third-order valence-electron chi connectivity index (χ3n) is 2.10. The van der Waals surface area contributed by atoms with Crippen LogP contribution in [0.1, 0.15) is 0 Å². The molecule has 0 atom stereocenters. The summed E-state index contributed by atoms with van der Waals surface area (Å²) in [5, 5.41) is 4.03. The van der Waals surface area contributed by atoms with Crippen molar-refractivity contribution in [2.45, 2.75) is 0 Å². The Kier molecular flexibility index (Phi) is 2.29. The molecule has 3 nitrogen and oxygen atoms in total. The molecule has 0 aliphatic heterocycles. The van der Waals surface area contributed by atoms with E-state index in [9.17, 15) is 0 Å². The Hall–Kier alpha value is -1.29. The molecular formula is C10H13N3S. The van der Waals surface area contributed by atoms with Gasteiger partial charge in [0.05, 0.1) is 10.2 Å². The predicted molar refractivity (Wildman–Crippen MR) is 63.5 cm³/mol. The van der Waals surface area contributed by atoms with E-state index in [1.54, 1.807) is 11.3 Å². The van der Waals surface area contributed by atoms with Crippen LogP contribution in [0.3, 0.4) is 0 Å². The summed E-state index contributed by atoms with van der Waals surface area (Å²) in [6, 6.07) is 6.30. The van der Waals surface area contributed by atoms with Gasteiger partial charge in [-0.15, -0.1) is 0 Å². The van der Waals surface area contributed by atoms with Crippen molar-refractivity contribution >= 4 is 32.4 Å². The zero-order valence-electron chi connectivity index (χ0n) is 8.53. The van der Waals surface area contributed by atoms with E-state index in [0.29, 0.717) is 0 Å². The van der Waals surface area contributed by atoms with Crippen LogP contribution in [0.5, 0.6) is 0 Å². The minimum atomic E-state index is 0.968. The average molecular weight is 207 g/mol. The van der Waals surface area contributed by atoms with Crippen LogP contribution in [0, 0.1) is 0 Å². The van der Waals surface area contributed by atoms with Gasteiger partial charge < -0.3 is 10.2 Å². The Bertz CT molecular complexity index is 448. The monoisotopic (exact) mass is 207 g/mol. The first-order valence-corrected chi connectivity index (χ1v) is 5.28. The second-order valence-corrected chi connectivity index (χ2v) is 4.35. The van der Waals surface area contributed by atoms with Crippen LogP contribution >= 0.6 is 11.3 Å². The lowest BCUT2D eigenvalue weighted by Crippen LogP contribution is -2.07. The zero-order chi connectivity index (χ0) is 10.1. The van der Waals surface area contributed by atoms with Gasteiger partial charge in [-0.05, 0) is 18.2 Å². The average Bonchev–Trinajstić information content (AvgIpc) is 2.58. The molecule has 0 aliphatic rings. The van der Waals surface area contributed by atoms with Crippen LogP contribution < -0.4 is 10.2 Å². The lowest BCUT2D eigenvalue weighted by molar-refractivity contribution is 1.14. The minimum absolute atomic E-state index is 0.968. The van der Waals surface area contributed by atoms with Crippen LogP contribution in [0.4, 0.5) is 10.8 Å². The summed E-state index contributed by atoms with van der Waals surface area (Å²) in [4.78, 5) is 6.52. The quantitative estimate of drug-likeness (QED) is 0.819. The maximum absolute atomic E-state index is 4.42. The van der Waals surface area contributed by atoms with Gasteiger partial charge in [0.1, 0.15) is 0 Å². The van der Waals surface area contributed by atoms with Crippen LogP contribution in [0.25, 0.3) is 10.2 Å². The van der Waals surface area contributed by atoms with Crippen LogP contribution in [0.15, 0.2) is 18.2 Å². The molecule has 0 radical (unpaired) electrons. The first-order valence-electron chi connectivity index (χ1n) is 4.46. The van der Waals surface area contributed by atoms with Gasteiger partial charge in [-0.1, -0.05) is 11.3 Å². The summed E-state index contributed by atoms with van der Waals surface area (Å²) in [5.41, 5.74) is 2.27. The van der Waals surface area contributed by atoms with E-state index >= 15 is 0 Å². The fraction of sp³-hybridized carbons (Fsp3) is 0.300. The fourth-order valence-corrected chi connectivity index (χ4v) is 2.15. The number of hydrogen-bond donors (Lipinski definition) is 1. The third kappa shape index (κ3) is 1.53. The van der Waals surface area contributed by atoms with E-state index in [1.807, 2.05) is 21.1 Å². The van der Waals surface area contributed by atoms with Crippen LogP contribution in [-0.4, -0.2) is 26.1 Å². The van der Waals surface area contributed by atoms with E-state index < -0.39 is 0 Å². The molecule has 2 rings (SSSR count). The standard InChI is InChI=1S/C10H13N3S/c1-11-10-12-8-5-4-7(13(2)3)6-9(8)14-10/h4-6H,1-3H3,(H,11,12). The lowest BCUT2D eigenvalue weighted by atomic mass is 10.3. The van der Waals surface area contributed by atoms with Gasteiger partial charge in [-0.3, -0.25) is 0 Å². The highest BCUT2D eigenvalue weighted by Gasteiger charge is 2.03. The molecule has 2 aromatic rings. The van der Waals surface area contributed by atoms with Crippen molar-refractivity contribution in [3.8, 4) is 0 Å². The van der Waals surface area contributed by atoms with Gasteiger partial charge in [-0.25, -0.2) is 4.98 Å². The first-order chi connectivity index (χ1) is 6.70. The Morgan fingerprint density at radius 2 is 2.14 bits per heavy atom. The van der Waals surface area contributed by atoms with E-state index in [2.05, 4.69) is 33.4 Å². The molecule has 1 N–H and O–H groups in total. The summed E-state index contributed by atoms with van der Waals surface area (Å²) < 4.78 is 1.22. The molecule has 0 saturated heterocycles. The van der Waals surface area contributed by atoms with Gasteiger partial charge in [0, 0.05) is 26.8 Å². The SMILES string of the molecule is CNc1nc2ccc(N(C)C)cc2s1. The van der Waals surface area contributed by atoms with Gasteiger partial charge in [0.25, 0.3) is 0 Å². The fourth-order valence-electron chi connectivity index (χ4n) is 1.30. The topological polar surface area (TPSA) is 28.2 Å². The van der Waals surface area contributed by atoms with Gasteiger partial charge in [0.2, 0.25) is 0 Å². The molecule has 14 heavy (non-hydrogen) atoms. The molecule has 0 bridgehead atoms. The molecule has 0 unspecified atom stereocenters. The number of thiazole rings is 1. The third-order valence-corrected chi connectivity index (χ3v) is 3.14. The van der Waals surface area contributed by atoms with Crippen LogP contribution in [0.2, 0.25) is 0 Å². The maximum Gasteiger partial charge on any atom is 0.183 e. The molecule has 0 fully saturated rings. The number of rotatable bonds is 2. The zero-order valence-corrected chi connectivity index (χ0v) is 9.35. The smallest absolute Gasteiger partial charge is 0.183 e. The number of hydrogen-bond acceptors (Lipinski definition) is 4. The molecule has 1 aromatic carbocycles. The van der Waals surface area contributed by atoms with Crippen molar-refractivity contribution in [2.75, 3.05) is 31.4 Å². The van der Waals surface area contributed by atoms with Crippen molar-refractivity contribution in [3.05, 3.63) is 18.2 Å². The number of nitrogens with one attached hydrogen (secondary N) is 1. The number of aromatic nitrogens is 1. The molecule has 74 valence electrons. The number of anilines is 2. The number of nitrogens with zero attached hydrogens (tertiary/aromatic N) is 2. The highest BCUT2D eigenvalue weighted by atomic mass is 32.1. The molecule has 0 spiro atoms. The summed E-state index contributed by atoms with van der Waals surface area (Å²) in [5.74, 6) is 0. The van der Waals surface area contributed by atoms with Gasteiger partial charge in [0.15, 0.2) is 5.13 Å². The normalized spacial score (nSPS) is 10.5. The van der Waals surface area contributed by atoms with E-state index in [1.165, 1.54) is 10.4 Å². The lowest BCUT2D eigenvalue weighted by Gasteiger charge is -2.11. The van der Waals surface area contributed by atoms with Crippen molar-refractivity contribution < 1.29 is 0 Å². The number of fused-ring (bicyclic) bond motifs is 1. The van der Waals surface area contributed by atoms with Crippen molar-refractivity contribution in [3.63, 3.8) is 0 Å². The molecule has 4 heteroatoms. The summed E-state index contributed by atoms with van der Waals surface area (Å²) >= 11 is 1.68. The highest BCUT2D eigenvalue weighted by molar-refractivity contribution is 7.22. The Morgan fingerprint density at radius 1 is 1.36 bits per heavy atom. The van der Waals surface area contributed by atoms with E-state index in [-0.39, 0.29) is 0 Å². The number of benzene rings is 1. The summed E-state index contributed by atoms with van der Waals surface area (Å²) in [7, 11) is 5.98. The molecule has 0 aliphatic carbocycles. The molecule has 0 saturated carbocycles. The van der Waals surface area contributed by atoms with Crippen molar-refractivity contribution in [2.24, 2.45) is 0 Å². The predicted octanol–water partition coefficient (Wildman–Crippen LogP) is 2.40. The first kappa shape index (κ1) is 9.27.